The Kier molecular flexibility index (Phi) is 3.55. The summed E-state index contributed by atoms with van der Waals surface area (Å²) in [6.45, 7) is 4.03. The van der Waals surface area contributed by atoms with Crippen LogP contribution in [0.3, 0.4) is 0 Å². The first-order valence-corrected chi connectivity index (χ1v) is 6.18. The van der Waals surface area contributed by atoms with Crippen molar-refractivity contribution in [1.82, 2.24) is 4.90 Å². The van der Waals surface area contributed by atoms with Crippen LogP contribution in [0.4, 0.5) is 4.39 Å². The van der Waals surface area contributed by atoms with E-state index < -0.39 is 23.6 Å². The molecule has 0 bridgehead atoms. The van der Waals surface area contributed by atoms with E-state index in [2.05, 4.69) is 0 Å². The normalized spacial score (nSPS) is 22.6. The SMILES string of the molecule is Cc1ccc(C(=O)N2CC(C)C(C(=O)O)C2)c(F)c1. The number of rotatable bonds is 2. The highest BCUT2D eigenvalue weighted by atomic mass is 19.1. The fourth-order valence-corrected chi connectivity index (χ4v) is 2.42. The maximum Gasteiger partial charge on any atom is 0.308 e. The van der Waals surface area contributed by atoms with E-state index in [0.717, 1.165) is 5.56 Å². The molecule has 1 saturated heterocycles. The minimum absolute atomic E-state index is 0.00355. The van der Waals surface area contributed by atoms with E-state index in [4.69, 9.17) is 5.11 Å². The predicted molar refractivity (Wildman–Crippen MR) is 67.3 cm³/mol. The number of aliphatic carboxylic acids is 1. The van der Waals surface area contributed by atoms with Crippen LogP contribution in [0.25, 0.3) is 0 Å². The standard InChI is InChI=1S/C14H16FNO3/c1-8-3-4-10(12(15)5-8)13(17)16-6-9(2)11(7-16)14(18)19/h3-5,9,11H,6-7H2,1-2H3,(H,18,19). The highest BCUT2D eigenvalue weighted by molar-refractivity contribution is 5.95. The average Bonchev–Trinajstić information content (AvgIpc) is 2.70. The van der Waals surface area contributed by atoms with Gasteiger partial charge in [-0.2, -0.15) is 0 Å². The Morgan fingerprint density at radius 3 is 2.58 bits per heavy atom. The molecule has 19 heavy (non-hydrogen) atoms. The number of aryl methyl sites for hydroxylation is 1. The summed E-state index contributed by atoms with van der Waals surface area (Å²) in [6.07, 6.45) is 0. The summed E-state index contributed by atoms with van der Waals surface area (Å²) in [5.74, 6) is -2.59. The molecule has 1 aromatic carbocycles. The Labute approximate surface area is 110 Å². The number of hydrogen-bond donors (Lipinski definition) is 1. The predicted octanol–water partition coefficient (Wildman–Crippen LogP) is 1.93. The number of carbonyl (C=O) groups is 2. The molecule has 0 saturated carbocycles. The zero-order valence-electron chi connectivity index (χ0n) is 10.9. The number of amides is 1. The average molecular weight is 265 g/mol. The molecule has 2 rings (SSSR count). The van der Waals surface area contributed by atoms with Gasteiger partial charge in [0.15, 0.2) is 0 Å². The van der Waals surface area contributed by atoms with Crippen molar-refractivity contribution in [2.75, 3.05) is 13.1 Å². The monoisotopic (exact) mass is 265 g/mol. The Hall–Kier alpha value is -1.91. The molecule has 0 spiro atoms. The third-order valence-corrected chi connectivity index (χ3v) is 3.57. The zero-order valence-corrected chi connectivity index (χ0v) is 10.9. The summed E-state index contributed by atoms with van der Waals surface area (Å²) in [6, 6.07) is 4.43. The van der Waals surface area contributed by atoms with Crippen LogP contribution in [0.1, 0.15) is 22.8 Å². The molecule has 1 heterocycles. The van der Waals surface area contributed by atoms with E-state index in [-0.39, 0.29) is 18.0 Å². The molecule has 1 aromatic rings. The third kappa shape index (κ3) is 2.59. The number of hydrogen-bond acceptors (Lipinski definition) is 2. The van der Waals surface area contributed by atoms with Crippen molar-refractivity contribution < 1.29 is 19.1 Å². The molecule has 1 N–H and O–H groups in total. The largest absolute Gasteiger partial charge is 0.481 e. The fraction of sp³-hybridized carbons (Fsp3) is 0.429. The van der Waals surface area contributed by atoms with Crippen LogP contribution in [0.5, 0.6) is 0 Å². The molecule has 102 valence electrons. The number of likely N-dealkylation sites (tertiary alicyclic amines) is 1. The van der Waals surface area contributed by atoms with Crippen molar-refractivity contribution in [2.24, 2.45) is 11.8 Å². The van der Waals surface area contributed by atoms with Gasteiger partial charge >= 0.3 is 5.97 Å². The van der Waals surface area contributed by atoms with Crippen LogP contribution in [0.15, 0.2) is 18.2 Å². The summed E-state index contributed by atoms with van der Waals surface area (Å²) in [4.78, 5) is 24.6. The number of benzene rings is 1. The van der Waals surface area contributed by atoms with Crippen LogP contribution < -0.4 is 0 Å². The van der Waals surface area contributed by atoms with E-state index in [9.17, 15) is 14.0 Å². The van der Waals surface area contributed by atoms with E-state index >= 15 is 0 Å². The van der Waals surface area contributed by atoms with Gasteiger partial charge in [0, 0.05) is 13.1 Å². The summed E-state index contributed by atoms with van der Waals surface area (Å²) in [7, 11) is 0. The first kappa shape index (κ1) is 13.5. The van der Waals surface area contributed by atoms with Crippen molar-refractivity contribution in [3.8, 4) is 0 Å². The van der Waals surface area contributed by atoms with Gasteiger partial charge in [-0.15, -0.1) is 0 Å². The van der Waals surface area contributed by atoms with Crippen LogP contribution >= 0.6 is 0 Å². The summed E-state index contributed by atoms with van der Waals surface area (Å²) >= 11 is 0. The second-order valence-corrected chi connectivity index (χ2v) is 5.12. The fourth-order valence-electron chi connectivity index (χ4n) is 2.42. The summed E-state index contributed by atoms with van der Waals surface area (Å²) in [5.41, 5.74) is 0.746. The van der Waals surface area contributed by atoms with E-state index in [1.54, 1.807) is 19.9 Å². The number of nitrogens with zero attached hydrogens (tertiary/aromatic N) is 1. The van der Waals surface area contributed by atoms with Gasteiger partial charge in [0.1, 0.15) is 5.82 Å². The van der Waals surface area contributed by atoms with Gasteiger partial charge < -0.3 is 10.0 Å². The molecule has 0 aromatic heterocycles. The van der Waals surface area contributed by atoms with Crippen LogP contribution in [-0.2, 0) is 4.79 Å². The second kappa shape index (κ2) is 4.99. The first-order valence-electron chi connectivity index (χ1n) is 6.18. The lowest BCUT2D eigenvalue weighted by Crippen LogP contribution is -2.30. The topological polar surface area (TPSA) is 57.6 Å². The molecule has 2 unspecified atom stereocenters. The molecule has 1 aliphatic rings. The maximum absolute atomic E-state index is 13.7. The van der Waals surface area contributed by atoms with Crippen molar-refractivity contribution in [1.29, 1.82) is 0 Å². The van der Waals surface area contributed by atoms with Crippen molar-refractivity contribution >= 4 is 11.9 Å². The lowest BCUT2D eigenvalue weighted by Gasteiger charge is -2.16. The molecule has 1 fully saturated rings. The van der Waals surface area contributed by atoms with Gasteiger partial charge in [0.05, 0.1) is 11.5 Å². The van der Waals surface area contributed by atoms with Crippen molar-refractivity contribution in [3.05, 3.63) is 35.1 Å². The second-order valence-electron chi connectivity index (χ2n) is 5.12. The minimum atomic E-state index is -0.910. The molecule has 1 aliphatic heterocycles. The first-order chi connectivity index (χ1) is 8.90. The van der Waals surface area contributed by atoms with E-state index in [1.807, 2.05) is 0 Å². The lowest BCUT2D eigenvalue weighted by molar-refractivity contribution is -0.142. The Bertz CT molecular complexity index is 529. The summed E-state index contributed by atoms with van der Waals surface area (Å²) in [5, 5.41) is 9.03. The summed E-state index contributed by atoms with van der Waals surface area (Å²) < 4.78 is 13.7. The van der Waals surface area contributed by atoms with Gasteiger partial charge in [-0.25, -0.2) is 4.39 Å². The maximum atomic E-state index is 13.7. The smallest absolute Gasteiger partial charge is 0.308 e. The lowest BCUT2D eigenvalue weighted by atomic mass is 9.99. The van der Waals surface area contributed by atoms with E-state index in [0.29, 0.717) is 6.54 Å². The third-order valence-electron chi connectivity index (χ3n) is 3.57. The Morgan fingerprint density at radius 2 is 2.05 bits per heavy atom. The van der Waals surface area contributed by atoms with Gasteiger partial charge in [-0.3, -0.25) is 9.59 Å². The van der Waals surface area contributed by atoms with Gasteiger partial charge in [0.2, 0.25) is 0 Å². The Morgan fingerprint density at radius 1 is 1.37 bits per heavy atom. The quantitative estimate of drug-likeness (QED) is 0.888. The number of halogens is 1. The highest BCUT2D eigenvalue weighted by Crippen LogP contribution is 2.25. The van der Waals surface area contributed by atoms with Gasteiger partial charge in [-0.05, 0) is 30.5 Å². The molecule has 0 aliphatic carbocycles. The zero-order chi connectivity index (χ0) is 14.2. The number of carbonyl (C=O) groups excluding carboxylic acids is 1. The Balaban J connectivity index is 2.19. The highest BCUT2D eigenvalue weighted by Gasteiger charge is 2.37. The minimum Gasteiger partial charge on any atom is -0.481 e. The van der Waals surface area contributed by atoms with Gasteiger partial charge in [0.25, 0.3) is 5.91 Å². The number of carboxylic acids is 1. The van der Waals surface area contributed by atoms with Crippen LogP contribution in [0, 0.1) is 24.6 Å². The van der Waals surface area contributed by atoms with E-state index in [1.165, 1.54) is 17.0 Å². The van der Waals surface area contributed by atoms with Crippen molar-refractivity contribution in [2.45, 2.75) is 13.8 Å². The van der Waals surface area contributed by atoms with Crippen LogP contribution in [-0.4, -0.2) is 35.0 Å². The molecule has 4 nitrogen and oxygen atoms in total. The molecular formula is C14H16FNO3. The number of carboxylic acid groups (broad SMARTS) is 1. The molecule has 5 heteroatoms. The van der Waals surface area contributed by atoms with Crippen LogP contribution in [0.2, 0.25) is 0 Å². The molecular weight excluding hydrogens is 249 g/mol. The van der Waals surface area contributed by atoms with Crippen molar-refractivity contribution in [3.63, 3.8) is 0 Å². The van der Waals surface area contributed by atoms with Gasteiger partial charge in [-0.1, -0.05) is 13.0 Å². The molecule has 0 radical (unpaired) electrons. The molecule has 2 atom stereocenters. The molecule has 1 amide bonds.